The van der Waals surface area contributed by atoms with Gasteiger partial charge in [-0.05, 0) is 29.7 Å². The molecule has 0 bridgehead atoms. The van der Waals surface area contributed by atoms with Gasteiger partial charge in [-0.15, -0.1) is 11.3 Å². The van der Waals surface area contributed by atoms with Crippen LogP contribution >= 0.6 is 11.3 Å². The van der Waals surface area contributed by atoms with E-state index >= 15 is 0 Å². The van der Waals surface area contributed by atoms with Crippen LogP contribution in [0.1, 0.15) is 27.7 Å². The molecule has 0 amide bonds. The number of aromatic nitrogens is 2. The van der Waals surface area contributed by atoms with Crippen LogP contribution in [0.2, 0.25) is 0 Å². The van der Waals surface area contributed by atoms with E-state index in [1.54, 1.807) is 6.07 Å². The number of benzene rings is 1. The summed E-state index contributed by atoms with van der Waals surface area (Å²) >= 11 is 1.36. The van der Waals surface area contributed by atoms with Gasteiger partial charge in [-0.3, -0.25) is 0 Å². The van der Waals surface area contributed by atoms with Crippen LogP contribution in [0, 0.1) is 11.3 Å². The maximum Gasteiger partial charge on any atom is 0.268 e. The molecule has 1 aliphatic rings. The maximum absolute atomic E-state index is 8.84. The summed E-state index contributed by atoms with van der Waals surface area (Å²) in [5.41, 5.74) is 2.63. The van der Waals surface area contributed by atoms with Crippen molar-refractivity contribution < 1.29 is 4.52 Å². The highest BCUT2D eigenvalue weighted by Gasteiger charge is 2.31. The van der Waals surface area contributed by atoms with E-state index in [2.05, 4.69) is 28.3 Å². The molecule has 20 heavy (non-hydrogen) atoms. The minimum Gasteiger partial charge on any atom is -0.333 e. The second-order valence-corrected chi connectivity index (χ2v) is 5.77. The van der Waals surface area contributed by atoms with Gasteiger partial charge in [0.15, 0.2) is 5.82 Å². The van der Waals surface area contributed by atoms with E-state index in [-0.39, 0.29) is 5.92 Å². The van der Waals surface area contributed by atoms with Crippen molar-refractivity contribution in [2.75, 3.05) is 0 Å². The summed E-state index contributed by atoms with van der Waals surface area (Å²) in [4.78, 5) is 5.96. The Morgan fingerprint density at radius 2 is 2.15 bits per heavy atom. The fourth-order valence-corrected chi connectivity index (χ4v) is 3.20. The first kappa shape index (κ1) is 11.4. The minimum absolute atomic E-state index is 0.235. The van der Waals surface area contributed by atoms with E-state index in [0.29, 0.717) is 10.8 Å². The molecule has 4 rings (SSSR count). The molecule has 0 radical (unpaired) electrons. The van der Waals surface area contributed by atoms with Gasteiger partial charge < -0.3 is 4.52 Å². The number of nitrogens with zero attached hydrogens (tertiary/aromatic N) is 3. The zero-order valence-electron chi connectivity index (χ0n) is 10.4. The van der Waals surface area contributed by atoms with Crippen molar-refractivity contribution in [3.05, 3.63) is 58.2 Å². The third-order valence-electron chi connectivity index (χ3n) is 3.53. The van der Waals surface area contributed by atoms with Crippen LogP contribution in [-0.2, 0) is 6.42 Å². The normalized spacial score (nSPS) is 16.2. The number of hydrogen-bond acceptors (Lipinski definition) is 5. The quantitative estimate of drug-likeness (QED) is 0.721. The van der Waals surface area contributed by atoms with Crippen molar-refractivity contribution in [2.45, 2.75) is 12.3 Å². The lowest BCUT2D eigenvalue weighted by Crippen LogP contribution is -2.19. The first-order chi connectivity index (χ1) is 9.85. The smallest absolute Gasteiger partial charge is 0.268 e. The summed E-state index contributed by atoms with van der Waals surface area (Å²) in [6, 6.07) is 14.0. The van der Waals surface area contributed by atoms with Gasteiger partial charge in [0.1, 0.15) is 10.9 Å². The molecule has 3 aromatic rings. The fourth-order valence-electron chi connectivity index (χ4n) is 2.48. The lowest BCUT2D eigenvalue weighted by Gasteiger charge is -2.27. The lowest BCUT2D eigenvalue weighted by molar-refractivity contribution is 0.417. The average Bonchev–Trinajstić information content (AvgIpc) is 3.08. The molecule has 2 heterocycles. The van der Waals surface area contributed by atoms with Crippen molar-refractivity contribution in [3.63, 3.8) is 0 Å². The van der Waals surface area contributed by atoms with Gasteiger partial charge in [0.25, 0.3) is 5.89 Å². The molecule has 96 valence electrons. The van der Waals surface area contributed by atoms with E-state index in [4.69, 9.17) is 9.78 Å². The zero-order valence-corrected chi connectivity index (χ0v) is 11.2. The first-order valence-corrected chi connectivity index (χ1v) is 7.08. The highest BCUT2D eigenvalue weighted by molar-refractivity contribution is 7.15. The van der Waals surface area contributed by atoms with Crippen LogP contribution in [0.3, 0.4) is 0 Å². The molecule has 5 heteroatoms. The first-order valence-electron chi connectivity index (χ1n) is 6.27. The third kappa shape index (κ3) is 1.66. The number of hydrogen-bond donors (Lipinski definition) is 0. The van der Waals surface area contributed by atoms with Crippen LogP contribution < -0.4 is 0 Å². The topological polar surface area (TPSA) is 62.7 Å². The van der Waals surface area contributed by atoms with Gasteiger partial charge in [0, 0.05) is 0 Å². The molecule has 0 aliphatic heterocycles. The Kier molecular flexibility index (Phi) is 2.44. The van der Waals surface area contributed by atoms with Crippen LogP contribution in [-0.4, -0.2) is 10.1 Å². The van der Waals surface area contributed by atoms with Crippen molar-refractivity contribution >= 4 is 11.3 Å². The zero-order chi connectivity index (χ0) is 13.5. The molecule has 1 unspecified atom stereocenters. The largest absolute Gasteiger partial charge is 0.333 e. The Bertz CT molecular complexity index is 828. The molecule has 2 aromatic heterocycles. The Balaban J connectivity index is 1.65. The molecule has 0 spiro atoms. The molecular formula is C15H9N3OS. The molecule has 0 saturated carbocycles. The molecule has 1 atom stereocenters. The van der Waals surface area contributed by atoms with E-state index in [0.717, 1.165) is 17.1 Å². The highest BCUT2D eigenvalue weighted by Crippen LogP contribution is 2.39. The van der Waals surface area contributed by atoms with Gasteiger partial charge in [0.2, 0.25) is 0 Å². The molecule has 0 N–H and O–H groups in total. The summed E-state index contributed by atoms with van der Waals surface area (Å²) in [5, 5.41) is 12.9. The van der Waals surface area contributed by atoms with E-state index in [9.17, 15) is 0 Å². The third-order valence-corrected chi connectivity index (χ3v) is 4.51. The number of rotatable bonds is 2. The molecule has 0 fully saturated rings. The molecule has 1 aromatic carbocycles. The second kappa shape index (κ2) is 4.29. The van der Waals surface area contributed by atoms with Crippen molar-refractivity contribution in [3.8, 4) is 16.8 Å². The summed E-state index contributed by atoms with van der Waals surface area (Å²) in [6.07, 6.45) is 0.961. The van der Waals surface area contributed by atoms with Gasteiger partial charge in [-0.25, -0.2) is 0 Å². The predicted octanol–water partition coefficient (Wildman–Crippen LogP) is 3.36. The fraction of sp³-hybridized carbons (Fsp3) is 0.133. The summed E-state index contributed by atoms with van der Waals surface area (Å²) in [7, 11) is 0. The number of fused-ring (bicyclic) bond motifs is 1. The lowest BCUT2D eigenvalue weighted by atomic mass is 9.77. The Hall–Kier alpha value is -2.45. The Labute approximate surface area is 119 Å². The van der Waals surface area contributed by atoms with Crippen LogP contribution in [0.5, 0.6) is 0 Å². The Morgan fingerprint density at radius 3 is 2.95 bits per heavy atom. The van der Waals surface area contributed by atoms with Crippen molar-refractivity contribution in [1.82, 2.24) is 10.1 Å². The van der Waals surface area contributed by atoms with Gasteiger partial charge >= 0.3 is 0 Å². The average molecular weight is 279 g/mol. The summed E-state index contributed by atoms with van der Waals surface area (Å²) < 4.78 is 5.32. The van der Waals surface area contributed by atoms with Crippen molar-refractivity contribution in [1.29, 1.82) is 5.26 Å². The van der Waals surface area contributed by atoms with Gasteiger partial charge in [0.05, 0.1) is 10.8 Å². The van der Waals surface area contributed by atoms with Crippen LogP contribution in [0.25, 0.3) is 10.8 Å². The van der Waals surface area contributed by atoms with Crippen LogP contribution in [0.15, 0.2) is 40.9 Å². The molecule has 0 saturated heterocycles. The minimum atomic E-state index is 0.235. The van der Waals surface area contributed by atoms with Crippen molar-refractivity contribution in [2.24, 2.45) is 0 Å². The number of nitriles is 1. The van der Waals surface area contributed by atoms with Crippen LogP contribution in [0.4, 0.5) is 0 Å². The number of thiophene rings is 1. The summed E-state index contributed by atoms with van der Waals surface area (Å²) in [5.74, 6) is 1.46. The van der Waals surface area contributed by atoms with E-state index in [1.165, 1.54) is 22.5 Å². The van der Waals surface area contributed by atoms with Gasteiger partial charge in [-0.2, -0.15) is 10.2 Å². The Morgan fingerprint density at radius 1 is 1.25 bits per heavy atom. The highest BCUT2D eigenvalue weighted by atomic mass is 32.1. The standard InChI is InChI=1S/C15H9N3OS/c16-8-10-5-6-13(20-10)15-17-14(18-19-15)12-7-9-3-1-2-4-11(9)12/h1-6,12H,7H2. The molecule has 4 nitrogen and oxygen atoms in total. The van der Waals surface area contributed by atoms with E-state index < -0.39 is 0 Å². The molecular weight excluding hydrogens is 270 g/mol. The monoisotopic (exact) mass is 279 g/mol. The van der Waals surface area contributed by atoms with E-state index in [1.807, 2.05) is 18.2 Å². The van der Waals surface area contributed by atoms with Gasteiger partial charge in [-0.1, -0.05) is 29.4 Å². The maximum atomic E-state index is 8.84. The second-order valence-electron chi connectivity index (χ2n) is 4.69. The summed E-state index contributed by atoms with van der Waals surface area (Å²) in [6.45, 7) is 0. The SMILES string of the molecule is N#Cc1ccc(-c2nc(C3Cc4ccccc43)no2)s1. The predicted molar refractivity (Wildman–Crippen MR) is 74.3 cm³/mol. The molecule has 1 aliphatic carbocycles.